The van der Waals surface area contributed by atoms with Gasteiger partial charge in [0.05, 0.1) is 0 Å². The minimum absolute atomic E-state index is 0.595. The highest BCUT2D eigenvalue weighted by Gasteiger charge is 1.99. The molecule has 1 nitrogen and oxygen atoms in total. The van der Waals surface area contributed by atoms with Gasteiger partial charge < -0.3 is 0 Å². The third-order valence-corrected chi connectivity index (χ3v) is 2.33. The maximum atomic E-state index is 4.09. The predicted molar refractivity (Wildman–Crippen MR) is 78.5 cm³/mol. The van der Waals surface area contributed by atoms with Gasteiger partial charge in [-0.2, -0.15) is 0 Å². The molecule has 0 saturated heterocycles. The van der Waals surface area contributed by atoms with Crippen molar-refractivity contribution in [3.8, 4) is 0 Å². The fraction of sp³-hybridized carbons (Fsp3) is 0.438. The molecule has 0 N–H and O–H groups in total. The number of rotatable bonds is 1. The summed E-state index contributed by atoms with van der Waals surface area (Å²) < 4.78 is 0. The molecule has 0 spiro atoms. The topological polar surface area (TPSA) is 12.9 Å². The van der Waals surface area contributed by atoms with Crippen LogP contribution in [-0.4, -0.2) is 4.98 Å². The van der Waals surface area contributed by atoms with Crippen molar-refractivity contribution in [1.82, 2.24) is 4.98 Å². The van der Waals surface area contributed by atoms with Gasteiger partial charge in [-0.1, -0.05) is 59.7 Å². The number of hydrogen-bond donors (Lipinski definition) is 0. The van der Waals surface area contributed by atoms with Crippen LogP contribution in [0.3, 0.4) is 0 Å². The van der Waals surface area contributed by atoms with Crippen LogP contribution >= 0.6 is 0 Å². The highest BCUT2D eigenvalue weighted by Crippen LogP contribution is 2.20. The van der Waals surface area contributed by atoms with Gasteiger partial charge in [0.25, 0.3) is 0 Å². The lowest BCUT2D eigenvalue weighted by Crippen LogP contribution is -1.86. The van der Waals surface area contributed by atoms with Crippen LogP contribution < -0.4 is 0 Å². The summed E-state index contributed by atoms with van der Waals surface area (Å²) in [4.78, 5) is 4.09. The SMILES string of the molecule is CC.CC.CC(C)c1ccc2cnccc2c1. The molecular formula is C16H25N. The molecule has 0 fully saturated rings. The summed E-state index contributed by atoms with van der Waals surface area (Å²) in [7, 11) is 0. The molecule has 0 bridgehead atoms. The molecule has 17 heavy (non-hydrogen) atoms. The Morgan fingerprint density at radius 1 is 0.882 bits per heavy atom. The first-order valence-corrected chi connectivity index (χ1v) is 6.61. The molecule has 2 aromatic rings. The summed E-state index contributed by atoms with van der Waals surface area (Å²) in [5.74, 6) is 0.595. The van der Waals surface area contributed by atoms with Gasteiger partial charge in [0.2, 0.25) is 0 Å². The van der Waals surface area contributed by atoms with Gasteiger partial charge in [0.15, 0.2) is 0 Å². The van der Waals surface area contributed by atoms with Crippen LogP contribution in [-0.2, 0) is 0 Å². The second kappa shape index (κ2) is 8.74. The highest BCUT2D eigenvalue weighted by atomic mass is 14.6. The van der Waals surface area contributed by atoms with Gasteiger partial charge in [-0.15, -0.1) is 0 Å². The van der Waals surface area contributed by atoms with Crippen molar-refractivity contribution in [2.75, 3.05) is 0 Å². The van der Waals surface area contributed by atoms with E-state index in [0.29, 0.717) is 5.92 Å². The van der Waals surface area contributed by atoms with Gasteiger partial charge in [0, 0.05) is 17.8 Å². The first-order valence-electron chi connectivity index (χ1n) is 6.61. The molecule has 94 valence electrons. The number of aromatic nitrogens is 1. The molecule has 0 atom stereocenters. The lowest BCUT2D eigenvalue weighted by molar-refractivity contribution is 0.869. The van der Waals surface area contributed by atoms with E-state index < -0.39 is 0 Å². The largest absolute Gasteiger partial charge is 0.264 e. The van der Waals surface area contributed by atoms with Crippen molar-refractivity contribution in [2.24, 2.45) is 0 Å². The highest BCUT2D eigenvalue weighted by molar-refractivity contribution is 5.82. The molecule has 1 aromatic heterocycles. The smallest absolute Gasteiger partial charge is 0.0346 e. The second-order valence-corrected chi connectivity index (χ2v) is 3.64. The zero-order chi connectivity index (χ0) is 13.3. The summed E-state index contributed by atoms with van der Waals surface area (Å²) in [5.41, 5.74) is 1.39. The summed E-state index contributed by atoms with van der Waals surface area (Å²) in [5, 5.41) is 2.49. The van der Waals surface area contributed by atoms with Crippen molar-refractivity contribution >= 4 is 10.8 Å². The number of benzene rings is 1. The predicted octanol–water partition coefficient (Wildman–Crippen LogP) is 5.41. The van der Waals surface area contributed by atoms with Crippen molar-refractivity contribution in [2.45, 2.75) is 47.5 Å². The third-order valence-electron chi connectivity index (χ3n) is 2.33. The molecule has 1 heterocycles. The van der Waals surface area contributed by atoms with E-state index in [1.54, 1.807) is 0 Å². The van der Waals surface area contributed by atoms with E-state index in [1.807, 2.05) is 40.1 Å². The van der Waals surface area contributed by atoms with E-state index in [1.165, 1.54) is 16.3 Å². The van der Waals surface area contributed by atoms with Gasteiger partial charge >= 0.3 is 0 Å². The van der Waals surface area contributed by atoms with E-state index in [0.717, 1.165) is 0 Å². The number of nitrogens with zero attached hydrogens (tertiary/aromatic N) is 1. The van der Waals surface area contributed by atoms with Crippen LogP contribution in [0.25, 0.3) is 10.8 Å². The molecule has 0 aliphatic heterocycles. The van der Waals surface area contributed by atoms with Crippen LogP contribution in [0.15, 0.2) is 36.7 Å². The summed E-state index contributed by atoms with van der Waals surface area (Å²) in [6.07, 6.45) is 3.74. The lowest BCUT2D eigenvalue weighted by Gasteiger charge is -2.05. The maximum Gasteiger partial charge on any atom is 0.0346 e. The molecular weight excluding hydrogens is 206 g/mol. The van der Waals surface area contributed by atoms with Crippen molar-refractivity contribution in [3.63, 3.8) is 0 Å². The Morgan fingerprint density at radius 3 is 2.12 bits per heavy atom. The molecule has 2 rings (SSSR count). The lowest BCUT2D eigenvalue weighted by atomic mass is 10.0. The van der Waals surface area contributed by atoms with Crippen LogP contribution in [0.1, 0.15) is 53.0 Å². The van der Waals surface area contributed by atoms with E-state index >= 15 is 0 Å². The quantitative estimate of drug-likeness (QED) is 0.639. The van der Waals surface area contributed by atoms with Crippen LogP contribution in [0.2, 0.25) is 0 Å². The second-order valence-electron chi connectivity index (χ2n) is 3.64. The maximum absolute atomic E-state index is 4.09. The van der Waals surface area contributed by atoms with E-state index in [9.17, 15) is 0 Å². The first kappa shape index (κ1) is 15.6. The Labute approximate surface area is 106 Å². The van der Waals surface area contributed by atoms with Gasteiger partial charge in [-0.05, 0) is 22.9 Å². The summed E-state index contributed by atoms with van der Waals surface area (Å²) in [6.45, 7) is 12.4. The molecule has 0 unspecified atom stereocenters. The normalized spacial score (nSPS) is 9.12. The Kier molecular flexibility index (Phi) is 8.04. The van der Waals surface area contributed by atoms with Gasteiger partial charge in [0.1, 0.15) is 0 Å². The third kappa shape index (κ3) is 4.56. The number of pyridine rings is 1. The van der Waals surface area contributed by atoms with Crippen molar-refractivity contribution in [3.05, 3.63) is 42.2 Å². The Balaban J connectivity index is 0.000000581. The standard InChI is InChI=1S/C12H13N.2C2H6/c1-9(2)10-3-4-12-8-13-6-5-11(12)7-10;2*1-2/h3-9H,1-2H3;2*1-2H3. The van der Waals surface area contributed by atoms with Crippen LogP contribution in [0.5, 0.6) is 0 Å². The van der Waals surface area contributed by atoms with Gasteiger partial charge in [-0.3, -0.25) is 4.98 Å². The Morgan fingerprint density at radius 2 is 1.53 bits per heavy atom. The molecule has 0 amide bonds. The number of fused-ring (bicyclic) bond motifs is 1. The summed E-state index contributed by atoms with van der Waals surface area (Å²) >= 11 is 0. The zero-order valence-corrected chi connectivity index (χ0v) is 12.0. The minimum Gasteiger partial charge on any atom is -0.264 e. The van der Waals surface area contributed by atoms with E-state index in [2.05, 4.69) is 43.1 Å². The fourth-order valence-corrected chi connectivity index (χ4v) is 1.46. The monoisotopic (exact) mass is 231 g/mol. The van der Waals surface area contributed by atoms with Crippen molar-refractivity contribution in [1.29, 1.82) is 0 Å². The van der Waals surface area contributed by atoms with Crippen molar-refractivity contribution < 1.29 is 0 Å². The van der Waals surface area contributed by atoms with E-state index in [4.69, 9.17) is 0 Å². The Hall–Kier alpha value is -1.37. The molecule has 1 aromatic carbocycles. The van der Waals surface area contributed by atoms with Crippen LogP contribution in [0, 0.1) is 0 Å². The molecule has 0 radical (unpaired) electrons. The molecule has 1 heteroatoms. The minimum atomic E-state index is 0.595. The fourth-order valence-electron chi connectivity index (χ4n) is 1.46. The first-order chi connectivity index (χ1) is 8.27. The van der Waals surface area contributed by atoms with Crippen LogP contribution in [0.4, 0.5) is 0 Å². The number of hydrogen-bond acceptors (Lipinski definition) is 1. The molecule has 0 aliphatic carbocycles. The average Bonchev–Trinajstić information content (AvgIpc) is 2.42. The Bertz CT molecular complexity index is 419. The molecule has 0 aliphatic rings. The average molecular weight is 231 g/mol. The zero-order valence-electron chi connectivity index (χ0n) is 12.0. The molecule has 0 saturated carbocycles. The van der Waals surface area contributed by atoms with Gasteiger partial charge in [-0.25, -0.2) is 0 Å². The summed E-state index contributed by atoms with van der Waals surface area (Å²) in [6, 6.07) is 8.61. The van der Waals surface area contributed by atoms with E-state index in [-0.39, 0.29) is 0 Å².